The Labute approximate surface area is 233 Å². The number of carbonyl (C=O) groups is 1. The average molecular weight is 604 g/mol. The molecule has 3 aromatic rings. The number of rotatable bonds is 10. The highest BCUT2D eigenvalue weighted by atomic mass is 35.5. The first-order valence-electron chi connectivity index (χ1n) is 11.7. The third-order valence-corrected chi connectivity index (χ3v) is 8.44. The summed E-state index contributed by atoms with van der Waals surface area (Å²) in [5, 5.41) is 10.8. The molecule has 0 aliphatic carbocycles. The fourth-order valence-corrected chi connectivity index (χ4v) is 6.45. The number of ether oxygens (including phenoxy) is 2. The van der Waals surface area contributed by atoms with E-state index in [2.05, 4.69) is 20.0 Å². The summed E-state index contributed by atoms with van der Waals surface area (Å²) in [6, 6.07) is 7.62. The molecule has 1 unspecified atom stereocenters. The Morgan fingerprint density at radius 1 is 1.33 bits per heavy atom. The minimum absolute atomic E-state index is 0.0244. The van der Waals surface area contributed by atoms with Gasteiger partial charge in [0.15, 0.2) is 17.7 Å². The van der Waals surface area contributed by atoms with Crippen LogP contribution in [0.1, 0.15) is 27.0 Å². The summed E-state index contributed by atoms with van der Waals surface area (Å²) in [4.78, 5) is 24.4. The number of nitrogens with one attached hydrogen (secondary N) is 1. The fourth-order valence-electron chi connectivity index (χ4n) is 3.74. The van der Waals surface area contributed by atoms with Crippen molar-refractivity contribution in [2.45, 2.75) is 56.5 Å². The highest BCUT2D eigenvalue weighted by Crippen LogP contribution is 2.49. The van der Waals surface area contributed by atoms with Gasteiger partial charge in [-0.2, -0.15) is 9.97 Å². The normalized spacial score (nSPS) is 25.5. The van der Waals surface area contributed by atoms with Gasteiger partial charge in [-0.05, 0) is 44.7 Å². The first-order chi connectivity index (χ1) is 18.3. The number of aliphatic hydroxyl groups excluding tert-OH is 1. The molecule has 6 atom stereocenters. The second kappa shape index (κ2) is 11.5. The lowest BCUT2D eigenvalue weighted by Crippen LogP contribution is -2.40. The molecule has 13 nitrogen and oxygen atoms in total. The molecule has 0 amide bonds. The largest absolute Gasteiger partial charge is 0.462 e. The molecular weight excluding hydrogens is 576 g/mol. The van der Waals surface area contributed by atoms with E-state index in [1.54, 1.807) is 44.2 Å². The Morgan fingerprint density at radius 2 is 2.03 bits per heavy atom. The van der Waals surface area contributed by atoms with Crippen LogP contribution in [0.3, 0.4) is 0 Å². The van der Waals surface area contributed by atoms with Gasteiger partial charge in [-0.25, -0.2) is 14.5 Å². The molecule has 1 aliphatic heterocycles. The van der Waals surface area contributed by atoms with E-state index in [0.29, 0.717) is 5.75 Å². The molecule has 0 radical (unpaired) electrons. The van der Waals surface area contributed by atoms with Crippen LogP contribution < -0.4 is 21.1 Å². The molecule has 2 aromatic heterocycles. The van der Waals surface area contributed by atoms with Crippen molar-refractivity contribution in [1.29, 1.82) is 0 Å². The number of fused-ring (bicyclic) bond motifs is 1. The summed E-state index contributed by atoms with van der Waals surface area (Å²) in [6.45, 7) is 1.01. The monoisotopic (exact) mass is 603 g/mol. The number of esters is 1. The zero-order chi connectivity index (χ0) is 28.5. The predicted molar refractivity (Wildman–Crippen MR) is 145 cm³/mol. The lowest BCUT2D eigenvalue weighted by Gasteiger charge is -2.28. The fraction of sp³-hybridized carbons (Fsp3) is 0.455. The molecule has 17 heteroatoms. The third kappa shape index (κ3) is 6.40. The highest BCUT2D eigenvalue weighted by molar-refractivity contribution is 8.09. The Kier molecular flexibility index (Phi) is 8.61. The van der Waals surface area contributed by atoms with E-state index in [-0.39, 0.29) is 29.0 Å². The van der Waals surface area contributed by atoms with Gasteiger partial charge in [0, 0.05) is 0 Å². The number of imidazole rings is 1. The van der Waals surface area contributed by atoms with E-state index >= 15 is 4.39 Å². The lowest BCUT2D eigenvalue weighted by atomic mass is 10.1. The highest BCUT2D eigenvalue weighted by Gasteiger charge is 2.58. The quantitative estimate of drug-likeness (QED) is 0.151. The molecule has 3 heterocycles. The summed E-state index contributed by atoms with van der Waals surface area (Å²) >= 11 is 11.8. The first kappa shape index (κ1) is 29.3. The van der Waals surface area contributed by atoms with E-state index in [1.807, 2.05) is 0 Å². The van der Waals surface area contributed by atoms with Crippen molar-refractivity contribution in [3.8, 4) is 5.75 Å². The van der Waals surface area contributed by atoms with Gasteiger partial charge < -0.3 is 35.1 Å². The molecule has 0 bridgehead atoms. The first-order valence-corrected chi connectivity index (χ1v) is 14.8. The number of para-hydroxylation sites is 1. The van der Waals surface area contributed by atoms with Crippen LogP contribution in [-0.2, 0) is 30.6 Å². The van der Waals surface area contributed by atoms with Gasteiger partial charge in [-0.1, -0.05) is 29.8 Å². The molecular formula is C22H28ClFN7O6PS. The van der Waals surface area contributed by atoms with Gasteiger partial charge in [0.05, 0.1) is 19.0 Å². The summed E-state index contributed by atoms with van der Waals surface area (Å²) < 4.78 is 39.6. The number of nitrogens with zero attached hydrogens (tertiary/aromatic N) is 4. The second-order valence-corrected chi connectivity index (χ2v) is 12.7. The molecule has 0 spiro atoms. The van der Waals surface area contributed by atoms with Crippen LogP contribution in [0, 0.1) is 0 Å². The second-order valence-electron chi connectivity index (χ2n) is 8.97. The van der Waals surface area contributed by atoms with E-state index in [9.17, 15) is 9.90 Å². The van der Waals surface area contributed by atoms with Crippen molar-refractivity contribution in [2.75, 3.05) is 18.1 Å². The van der Waals surface area contributed by atoms with E-state index in [4.69, 9.17) is 53.4 Å². The molecule has 39 heavy (non-hydrogen) atoms. The number of carbonyl (C=O) groups excluding carboxylic acids is 1. The van der Waals surface area contributed by atoms with E-state index in [0.717, 1.165) is 4.57 Å². The standard InChI is InChI=1S/C22H28ClFN7O6PS/c1-11(2)35-19(33)12(3)30-38(39,37-13-7-5-4-6-8-13)34-9-14-16(32)22(23,24)20(36-14)31-10-27-15-17(25)28-21(26)29-18(15)31/h4-8,10-12,14,16,20,32H,9H2,1-3H3,(H,30,39)(H4,25,26,28,29)/t12-,14+,16+,20+,22-,38?/m0/s1. The third-order valence-electron chi connectivity index (χ3n) is 5.53. The molecule has 1 saturated heterocycles. The lowest BCUT2D eigenvalue weighted by molar-refractivity contribution is -0.149. The van der Waals surface area contributed by atoms with Crippen LogP contribution >= 0.6 is 18.2 Å². The number of nitrogens with two attached hydrogens (primary N) is 2. The van der Waals surface area contributed by atoms with Crippen molar-refractivity contribution in [2.24, 2.45) is 0 Å². The number of hydrogen-bond acceptors (Lipinski definition) is 12. The molecule has 4 rings (SSSR count). The van der Waals surface area contributed by atoms with Crippen LogP contribution in [0.25, 0.3) is 11.2 Å². The number of halogens is 2. The number of nitrogen functional groups attached to an aromatic ring is 2. The average Bonchev–Trinajstić information content (AvgIpc) is 3.36. The van der Waals surface area contributed by atoms with Gasteiger partial charge in [-0.3, -0.25) is 9.36 Å². The Morgan fingerprint density at radius 3 is 2.69 bits per heavy atom. The maximum atomic E-state index is 15.7. The van der Waals surface area contributed by atoms with Crippen molar-refractivity contribution < 1.29 is 32.8 Å². The Bertz CT molecular complexity index is 1380. The topological polar surface area (TPSA) is 182 Å². The van der Waals surface area contributed by atoms with Crippen molar-refractivity contribution >= 4 is 58.9 Å². The molecule has 1 aromatic carbocycles. The van der Waals surface area contributed by atoms with Gasteiger partial charge in [0.1, 0.15) is 29.5 Å². The minimum atomic E-state index is -3.49. The SMILES string of the molecule is CC(C)OC(=O)[C@H](C)NP(=S)(OC[C@H]1O[C@@H](n2cnc3c(N)nc(N)nc32)[C@](F)(Cl)[C@@H]1O)Oc1ccccc1. The molecule has 0 saturated carbocycles. The van der Waals surface area contributed by atoms with Gasteiger partial charge in [0.25, 0.3) is 5.13 Å². The number of hydrogen-bond donors (Lipinski definition) is 4. The summed E-state index contributed by atoms with van der Waals surface area (Å²) in [5.74, 6) is -0.411. The van der Waals surface area contributed by atoms with Crippen molar-refractivity contribution in [1.82, 2.24) is 24.6 Å². The van der Waals surface area contributed by atoms with Gasteiger partial charge in [0.2, 0.25) is 5.95 Å². The van der Waals surface area contributed by atoms with E-state index in [1.165, 1.54) is 13.3 Å². The number of alkyl halides is 2. The van der Waals surface area contributed by atoms with Crippen molar-refractivity contribution in [3.63, 3.8) is 0 Å². The number of anilines is 2. The van der Waals surface area contributed by atoms with Crippen LogP contribution in [0.15, 0.2) is 36.7 Å². The van der Waals surface area contributed by atoms with Crippen LogP contribution in [-0.4, -0.2) is 66.7 Å². The van der Waals surface area contributed by atoms with Crippen LogP contribution in [0.4, 0.5) is 16.2 Å². The molecule has 1 fully saturated rings. The molecule has 1 aliphatic rings. The predicted octanol–water partition coefficient (Wildman–Crippen LogP) is 2.40. The maximum absolute atomic E-state index is 15.7. The molecule has 6 N–H and O–H groups in total. The van der Waals surface area contributed by atoms with Crippen molar-refractivity contribution in [3.05, 3.63) is 36.7 Å². The zero-order valence-corrected chi connectivity index (χ0v) is 23.6. The zero-order valence-electron chi connectivity index (χ0n) is 21.1. The summed E-state index contributed by atoms with van der Waals surface area (Å²) in [5.41, 5.74) is 11.7. The number of aromatic nitrogens is 4. The summed E-state index contributed by atoms with van der Waals surface area (Å²) in [7, 11) is 0. The minimum Gasteiger partial charge on any atom is -0.462 e. The number of aliphatic hydroxyl groups is 1. The Hall–Kier alpha value is -2.65. The number of benzene rings is 1. The smallest absolute Gasteiger partial charge is 0.323 e. The van der Waals surface area contributed by atoms with Crippen LogP contribution in [0.2, 0.25) is 0 Å². The van der Waals surface area contributed by atoms with Gasteiger partial charge >= 0.3 is 12.6 Å². The Balaban J connectivity index is 1.55. The van der Waals surface area contributed by atoms with Crippen LogP contribution in [0.5, 0.6) is 5.75 Å². The maximum Gasteiger partial charge on any atom is 0.323 e. The molecule has 212 valence electrons. The van der Waals surface area contributed by atoms with Gasteiger partial charge in [-0.15, -0.1) is 0 Å². The summed E-state index contributed by atoms with van der Waals surface area (Å²) in [6.07, 6.45) is -3.94. The van der Waals surface area contributed by atoms with E-state index < -0.39 is 48.8 Å².